The van der Waals surface area contributed by atoms with E-state index < -0.39 is 5.66 Å². The van der Waals surface area contributed by atoms with Gasteiger partial charge in [0.2, 0.25) is 0 Å². The number of hydrogen-bond donors (Lipinski definition) is 3. The summed E-state index contributed by atoms with van der Waals surface area (Å²) in [6, 6.07) is 7.83. The van der Waals surface area contributed by atoms with Gasteiger partial charge in [0, 0.05) is 31.5 Å². The normalized spacial score (nSPS) is 23.8. The summed E-state index contributed by atoms with van der Waals surface area (Å²) in [4.78, 5) is 4.46. The van der Waals surface area contributed by atoms with E-state index in [0.29, 0.717) is 12.1 Å². The number of likely N-dealkylation sites (N-methyl/N-ethyl adjacent to an activating group) is 1. The molecule has 6 heteroatoms. The highest BCUT2D eigenvalue weighted by Crippen LogP contribution is 2.34. The lowest BCUT2D eigenvalue weighted by Gasteiger charge is -2.32. The number of nitrogens with one attached hydrogen (secondary N) is 1. The first-order chi connectivity index (χ1) is 10.0. The van der Waals surface area contributed by atoms with Crippen molar-refractivity contribution in [3.8, 4) is 5.75 Å². The highest BCUT2D eigenvalue weighted by atomic mass is 16.5. The number of ether oxygens (including phenoxy) is 1. The molecular formula is C15H19N5O. The second kappa shape index (κ2) is 4.82. The van der Waals surface area contributed by atoms with Crippen molar-refractivity contribution in [3.05, 3.63) is 53.0 Å². The minimum atomic E-state index is -0.815. The van der Waals surface area contributed by atoms with Gasteiger partial charge in [-0.05, 0) is 17.7 Å². The Hall–Kier alpha value is -2.47. The zero-order valence-corrected chi connectivity index (χ0v) is 12.1. The molecule has 0 spiro atoms. The number of hydrogen-bond acceptors (Lipinski definition) is 6. The lowest BCUT2D eigenvalue weighted by Crippen LogP contribution is -2.46. The third-order valence-electron chi connectivity index (χ3n) is 3.80. The summed E-state index contributed by atoms with van der Waals surface area (Å²) in [5, 5.41) is 1.85. The van der Waals surface area contributed by atoms with Crippen LogP contribution in [0.15, 0.2) is 52.4 Å². The molecule has 1 aromatic rings. The van der Waals surface area contributed by atoms with Gasteiger partial charge in [0.05, 0.1) is 18.5 Å². The Morgan fingerprint density at radius 1 is 1.33 bits per heavy atom. The predicted molar refractivity (Wildman–Crippen MR) is 82.3 cm³/mol. The Balaban J connectivity index is 1.89. The van der Waals surface area contributed by atoms with Crippen molar-refractivity contribution >= 4 is 6.21 Å². The second-order valence-electron chi connectivity index (χ2n) is 5.26. The molecule has 0 fully saturated rings. The molecule has 0 aliphatic carbocycles. The molecular weight excluding hydrogens is 266 g/mol. The molecule has 0 amide bonds. The number of rotatable bonds is 3. The van der Waals surface area contributed by atoms with E-state index in [0.717, 1.165) is 22.6 Å². The van der Waals surface area contributed by atoms with Crippen molar-refractivity contribution in [3.63, 3.8) is 0 Å². The van der Waals surface area contributed by atoms with Crippen LogP contribution < -0.4 is 21.6 Å². The third kappa shape index (κ3) is 2.23. The maximum absolute atomic E-state index is 6.52. The SMILES string of the molecule is COc1ccc(CC2(N)N=CC(N)=C3C2=CNN3C)cc1. The van der Waals surface area contributed by atoms with Crippen molar-refractivity contribution in [2.75, 3.05) is 14.2 Å². The van der Waals surface area contributed by atoms with Gasteiger partial charge in [-0.25, -0.2) is 0 Å². The average molecular weight is 285 g/mol. The molecule has 0 bridgehead atoms. The number of fused-ring (bicyclic) bond motifs is 1. The van der Waals surface area contributed by atoms with Crippen LogP contribution in [0.3, 0.4) is 0 Å². The summed E-state index contributed by atoms with van der Waals surface area (Å²) in [5.41, 5.74) is 18.3. The van der Waals surface area contributed by atoms with Crippen LogP contribution in [0.2, 0.25) is 0 Å². The summed E-state index contributed by atoms with van der Waals surface area (Å²) in [6.45, 7) is 0. The molecule has 110 valence electrons. The molecule has 0 saturated carbocycles. The third-order valence-corrected chi connectivity index (χ3v) is 3.80. The second-order valence-corrected chi connectivity index (χ2v) is 5.26. The number of nitrogens with two attached hydrogens (primary N) is 2. The van der Waals surface area contributed by atoms with Gasteiger partial charge in [-0.1, -0.05) is 12.1 Å². The highest BCUT2D eigenvalue weighted by molar-refractivity contribution is 5.83. The summed E-state index contributed by atoms with van der Waals surface area (Å²) in [6.07, 6.45) is 4.09. The van der Waals surface area contributed by atoms with Gasteiger partial charge in [-0.3, -0.25) is 10.0 Å². The Morgan fingerprint density at radius 2 is 2.05 bits per heavy atom. The highest BCUT2D eigenvalue weighted by Gasteiger charge is 2.39. The van der Waals surface area contributed by atoms with E-state index in [2.05, 4.69) is 10.4 Å². The Kier molecular flexibility index (Phi) is 3.10. The molecule has 1 unspecified atom stereocenters. The van der Waals surface area contributed by atoms with E-state index in [4.69, 9.17) is 16.2 Å². The number of dihydropyridines is 1. The Morgan fingerprint density at radius 3 is 2.71 bits per heavy atom. The first-order valence-corrected chi connectivity index (χ1v) is 6.71. The fraction of sp³-hybridized carbons (Fsp3) is 0.267. The van der Waals surface area contributed by atoms with Gasteiger partial charge < -0.3 is 21.6 Å². The molecule has 1 atom stereocenters. The fourth-order valence-corrected chi connectivity index (χ4v) is 2.66. The number of allylic oxidation sites excluding steroid dienone is 1. The Bertz CT molecular complexity index is 647. The van der Waals surface area contributed by atoms with E-state index >= 15 is 0 Å². The van der Waals surface area contributed by atoms with Crippen molar-refractivity contribution < 1.29 is 4.74 Å². The van der Waals surface area contributed by atoms with Crippen molar-refractivity contribution in [2.45, 2.75) is 12.1 Å². The molecule has 1 aromatic carbocycles. The number of benzene rings is 1. The molecule has 21 heavy (non-hydrogen) atoms. The topological polar surface area (TPSA) is 88.9 Å². The standard InChI is InChI=1S/C15H19N5O/c1-20-14-12(8-19-20)15(17,18-9-13(14)16)7-10-3-5-11(21-2)6-4-10/h3-6,8-9,19H,7,16-17H2,1-2H3. The fourth-order valence-electron chi connectivity index (χ4n) is 2.66. The van der Waals surface area contributed by atoms with Gasteiger partial charge in [-0.2, -0.15) is 0 Å². The molecule has 0 radical (unpaired) electrons. The smallest absolute Gasteiger partial charge is 0.141 e. The van der Waals surface area contributed by atoms with Gasteiger partial charge in [0.15, 0.2) is 0 Å². The van der Waals surface area contributed by atoms with Crippen LogP contribution in [0, 0.1) is 0 Å². The molecule has 2 aliphatic heterocycles. The van der Waals surface area contributed by atoms with Crippen molar-refractivity contribution in [1.29, 1.82) is 0 Å². The molecule has 5 N–H and O–H groups in total. The first kappa shape index (κ1) is 13.5. The average Bonchev–Trinajstić information content (AvgIpc) is 2.88. The zero-order valence-electron chi connectivity index (χ0n) is 12.1. The van der Waals surface area contributed by atoms with Crippen LogP contribution in [0.25, 0.3) is 0 Å². The van der Waals surface area contributed by atoms with Crippen LogP contribution in [0.5, 0.6) is 5.75 Å². The van der Waals surface area contributed by atoms with E-state index in [1.165, 1.54) is 0 Å². The molecule has 0 saturated heterocycles. The maximum atomic E-state index is 6.52. The zero-order chi connectivity index (χ0) is 15.0. The van der Waals surface area contributed by atoms with Crippen LogP contribution >= 0.6 is 0 Å². The monoisotopic (exact) mass is 285 g/mol. The number of aliphatic imine (C=N–C) groups is 1. The van der Waals surface area contributed by atoms with Crippen LogP contribution in [-0.2, 0) is 6.42 Å². The molecule has 6 nitrogen and oxygen atoms in total. The van der Waals surface area contributed by atoms with E-state index in [1.54, 1.807) is 13.3 Å². The van der Waals surface area contributed by atoms with Crippen LogP contribution in [-0.4, -0.2) is 31.0 Å². The van der Waals surface area contributed by atoms with E-state index in [9.17, 15) is 0 Å². The van der Waals surface area contributed by atoms with Crippen molar-refractivity contribution in [1.82, 2.24) is 10.4 Å². The molecule has 2 heterocycles. The summed E-state index contributed by atoms with van der Waals surface area (Å²) in [5.74, 6) is 0.822. The minimum absolute atomic E-state index is 0.589. The van der Waals surface area contributed by atoms with Gasteiger partial charge in [0.1, 0.15) is 11.4 Å². The van der Waals surface area contributed by atoms with Crippen molar-refractivity contribution in [2.24, 2.45) is 16.5 Å². The number of hydrazine groups is 1. The summed E-state index contributed by atoms with van der Waals surface area (Å²) < 4.78 is 5.17. The maximum Gasteiger partial charge on any atom is 0.141 e. The number of nitrogens with zero attached hydrogens (tertiary/aromatic N) is 2. The summed E-state index contributed by atoms with van der Waals surface area (Å²) in [7, 11) is 3.55. The molecule has 2 aliphatic rings. The minimum Gasteiger partial charge on any atom is -0.497 e. The van der Waals surface area contributed by atoms with E-state index in [1.807, 2.05) is 42.5 Å². The Labute approximate surface area is 123 Å². The van der Waals surface area contributed by atoms with Gasteiger partial charge in [-0.15, -0.1) is 0 Å². The lowest BCUT2D eigenvalue weighted by molar-refractivity contribution is 0.372. The van der Waals surface area contributed by atoms with E-state index in [-0.39, 0.29) is 0 Å². The van der Waals surface area contributed by atoms with Crippen LogP contribution in [0.4, 0.5) is 0 Å². The first-order valence-electron chi connectivity index (χ1n) is 6.71. The van der Waals surface area contributed by atoms with Gasteiger partial charge >= 0.3 is 0 Å². The predicted octanol–water partition coefficient (Wildman–Crippen LogP) is 0.481. The van der Waals surface area contributed by atoms with Crippen LogP contribution in [0.1, 0.15) is 5.56 Å². The molecule has 3 rings (SSSR count). The lowest BCUT2D eigenvalue weighted by atomic mass is 9.89. The van der Waals surface area contributed by atoms with Gasteiger partial charge in [0.25, 0.3) is 0 Å². The largest absolute Gasteiger partial charge is 0.497 e. The summed E-state index contributed by atoms with van der Waals surface area (Å²) >= 11 is 0. The molecule has 0 aromatic heterocycles. The quantitative estimate of drug-likeness (QED) is 0.752. The number of methoxy groups -OCH3 is 1.